The Bertz CT molecular complexity index is 410. The second-order valence-corrected chi connectivity index (χ2v) is 6.28. The molecule has 1 aliphatic heterocycles. The van der Waals surface area contributed by atoms with Crippen LogP contribution in [0.1, 0.15) is 20.8 Å². The van der Waals surface area contributed by atoms with Gasteiger partial charge in [-0.2, -0.15) is 0 Å². The smallest absolute Gasteiger partial charge is 0.410 e. The zero-order chi connectivity index (χ0) is 16.3. The third kappa shape index (κ3) is 5.26. The topological polar surface area (TPSA) is 79.3 Å². The summed E-state index contributed by atoms with van der Waals surface area (Å²) in [6, 6.07) is 0. The van der Waals surface area contributed by atoms with Crippen molar-refractivity contribution >= 4 is 12.2 Å². The monoisotopic (exact) mass is 300 g/mol. The van der Waals surface area contributed by atoms with Gasteiger partial charge in [0.1, 0.15) is 17.8 Å². The number of β-amino-alcohol motifs (C(OH)–C–C–N with tert-alkyl or cyclic N) is 1. The number of hydrogen-bond acceptors (Lipinski definition) is 5. The normalized spacial score (nSPS) is 16.7. The second-order valence-electron chi connectivity index (χ2n) is 6.28. The molecule has 0 spiro atoms. The predicted molar refractivity (Wildman–Crippen MR) is 76.9 cm³/mol. The van der Waals surface area contributed by atoms with E-state index >= 15 is 0 Å². The summed E-state index contributed by atoms with van der Waals surface area (Å²) < 4.78 is 10.1. The first kappa shape index (κ1) is 17.3. The van der Waals surface area contributed by atoms with E-state index in [1.54, 1.807) is 20.8 Å². The number of amides is 2. The van der Waals surface area contributed by atoms with E-state index in [1.165, 1.54) is 22.9 Å². The number of likely N-dealkylation sites (tertiary alicyclic amines) is 1. The summed E-state index contributed by atoms with van der Waals surface area (Å²) in [6.45, 7) is 9.24. The molecular weight excluding hydrogens is 276 g/mol. The molecule has 0 radical (unpaired) electrons. The van der Waals surface area contributed by atoms with Crippen LogP contribution in [-0.2, 0) is 9.47 Å². The summed E-state index contributed by atoms with van der Waals surface area (Å²) in [5, 5.41) is 10.3. The molecule has 0 unspecified atom stereocenters. The molecule has 1 N–H and O–H groups in total. The van der Waals surface area contributed by atoms with E-state index in [1.807, 2.05) is 0 Å². The van der Waals surface area contributed by atoms with Gasteiger partial charge >= 0.3 is 12.2 Å². The van der Waals surface area contributed by atoms with E-state index in [9.17, 15) is 14.7 Å². The van der Waals surface area contributed by atoms with Crippen molar-refractivity contribution in [3.8, 4) is 0 Å². The van der Waals surface area contributed by atoms with Crippen LogP contribution >= 0.6 is 0 Å². The molecule has 0 bridgehead atoms. The van der Waals surface area contributed by atoms with Gasteiger partial charge in [-0.15, -0.1) is 0 Å². The Morgan fingerprint density at radius 2 is 2.00 bits per heavy atom. The van der Waals surface area contributed by atoms with Crippen LogP contribution in [0, 0.1) is 0 Å². The predicted octanol–water partition coefficient (Wildman–Crippen LogP) is 1.22. The molecule has 1 rings (SSSR count). The van der Waals surface area contributed by atoms with Gasteiger partial charge in [-0.3, -0.25) is 0 Å². The molecule has 21 heavy (non-hydrogen) atoms. The maximum Gasteiger partial charge on any atom is 0.410 e. The molecule has 0 aliphatic carbocycles. The highest BCUT2D eigenvalue weighted by molar-refractivity contribution is 5.70. The van der Waals surface area contributed by atoms with Gasteiger partial charge in [0.05, 0.1) is 19.6 Å². The first-order valence-electron chi connectivity index (χ1n) is 6.75. The highest BCUT2D eigenvalue weighted by atomic mass is 16.6. The van der Waals surface area contributed by atoms with Gasteiger partial charge in [-0.05, 0) is 20.8 Å². The molecule has 0 aromatic rings. The summed E-state index contributed by atoms with van der Waals surface area (Å²) >= 11 is 0. The molecule has 1 saturated heterocycles. The van der Waals surface area contributed by atoms with Crippen molar-refractivity contribution in [1.82, 2.24) is 9.80 Å². The van der Waals surface area contributed by atoms with Crippen molar-refractivity contribution in [2.24, 2.45) is 0 Å². The van der Waals surface area contributed by atoms with Gasteiger partial charge in [0.15, 0.2) is 0 Å². The molecule has 2 amide bonds. The number of rotatable bonds is 4. The van der Waals surface area contributed by atoms with Gasteiger partial charge in [-0.1, -0.05) is 12.7 Å². The molecule has 120 valence electrons. The number of likely N-dealkylation sites (N-methyl/N-ethyl adjacent to an activating group) is 1. The highest BCUT2D eigenvalue weighted by Gasteiger charge is 2.46. The van der Waals surface area contributed by atoms with Crippen LogP contribution in [0.5, 0.6) is 0 Å². The lowest BCUT2D eigenvalue weighted by Gasteiger charge is -2.47. The van der Waals surface area contributed by atoms with Crippen molar-refractivity contribution in [3.05, 3.63) is 12.7 Å². The van der Waals surface area contributed by atoms with Crippen LogP contribution in [0.25, 0.3) is 0 Å². The van der Waals surface area contributed by atoms with Crippen molar-refractivity contribution in [2.45, 2.75) is 32.0 Å². The number of ether oxygens (including phenoxy) is 2. The van der Waals surface area contributed by atoms with Gasteiger partial charge < -0.3 is 24.4 Å². The molecular formula is C14H24N2O5. The average molecular weight is 300 g/mol. The third-order valence-electron chi connectivity index (χ3n) is 2.79. The Balaban J connectivity index is 2.41. The van der Waals surface area contributed by atoms with Crippen LogP contribution in [0.3, 0.4) is 0 Å². The Labute approximate surface area is 125 Å². The van der Waals surface area contributed by atoms with Crippen LogP contribution in [0.2, 0.25) is 0 Å². The fraction of sp³-hybridized carbons (Fsp3) is 0.714. The molecule has 0 aromatic carbocycles. The molecule has 0 atom stereocenters. The standard InChI is InChI=1S/C14H24N2O5/c1-6-7-20-11(17)15(5)8-14(19)9-16(10-14)12(18)21-13(2,3)4/h6,19H,1,7-10H2,2-5H3. The van der Waals surface area contributed by atoms with Crippen molar-refractivity contribution in [1.29, 1.82) is 0 Å². The van der Waals surface area contributed by atoms with Crippen LogP contribution in [0.15, 0.2) is 12.7 Å². The molecule has 7 heteroatoms. The minimum Gasteiger partial charge on any atom is -0.445 e. The lowest BCUT2D eigenvalue weighted by Crippen LogP contribution is -2.68. The molecule has 0 saturated carbocycles. The maximum atomic E-state index is 11.8. The largest absolute Gasteiger partial charge is 0.445 e. The Morgan fingerprint density at radius 3 is 2.48 bits per heavy atom. The Kier molecular flexibility index (Phi) is 5.22. The fourth-order valence-electron chi connectivity index (χ4n) is 1.97. The lowest BCUT2D eigenvalue weighted by molar-refractivity contribution is -0.107. The number of aliphatic hydroxyl groups is 1. The van der Waals surface area contributed by atoms with Crippen molar-refractivity contribution in [2.75, 3.05) is 33.3 Å². The van der Waals surface area contributed by atoms with Crippen LogP contribution in [0.4, 0.5) is 9.59 Å². The second kappa shape index (κ2) is 6.34. The zero-order valence-electron chi connectivity index (χ0n) is 13.1. The van der Waals surface area contributed by atoms with E-state index in [4.69, 9.17) is 9.47 Å². The first-order chi connectivity index (χ1) is 9.56. The van der Waals surface area contributed by atoms with Gasteiger partial charge in [0.2, 0.25) is 0 Å². The highest BCUT2D eigenvalue weighted by Crippen LogP contribution is 2.24. The number of nitrogens with zero attached hydrogens (tertiary/aromatic N) is 2. The van der Waals surface area contributed by atoms with E-state index < -0.39 is 23.4 Å². The maximum absolute atomic E-state index is 11.8. The van der Waals surface area contributed by atoms with Crippen molar-refractivity contribution in [3.63, 3.8) is 0 Å². The van der Waals surface area contributed by atoms with E-state index in [0.29, 0.717) is 0 Å². The SMILES string of the molecule is C=CCOC(=O)N(C)CC1(O)CN(C(=O)OC(C)(C)C)C1. The Morgan fingerprint density at radius 1 is 1.43 bits per heavy atom. The average Bonchev–Trinajstić information content (AvgIpc) is 2.30. The molecule has 1 fully saturated rings. The van der Waals surface area contributed by atoms with Crippen LogP contribution in [-0.4, -0.2) is 71.6 Å². The molecule has 7 nitrogen and oxygen atoms in total. The summed E-state index contributed by atoms with van der Waals surface area (Å²) in [7, 11) is 1.53. The van der Waals surface area contributed by atoms with E-state index in [2.05, 4.69) is 6.58 Å². The summed E-state index contributed by atoms with van der Waals surface area (Å²) in [5.41, 5.74) is -1.70. The number of carbonyl (C=O) groups excluding carboxylic acids is 2. The minimum absolute atomic E-state index is 0.0856. The summed E-state index contributed by atoms with van der Waals surface area (Å²) in [4.78, 5) is 26.0. The third-order valence-corrected chi connectivity index (χ3v) is 2.79. The first-order valence-corrected chi connectivity index (χ1v) is 6.75. The quantitative estimate of drug-likeness (QED) is 0.790. The lowest BCUT2D eigenvalue weighted by atomic mass is 9.94. The molecule has 1 heterocycles. The van der Waals surface area contributed by atoms with Crippen LogP contribution < -0.4 is 0 Å². The van der Waals surface area contributed by atoms with Gasteiger partial charge in [0, 0.05) is 7.05 Å². The minimum atomic E-state index is -1.13. The number of hydrogen-bond donors (Lipinski definition) is 1. The molecule has 1 aliphatic rings. The number of carbonyl (C=O) groups is 2. The Hall–Kier alpha value is -1.76. The van der Waals surface area contributed by atoms with E-state index in [0.717, 1.165) is 0 Å². The van der Waals surface area contributed by atoms with Gasteiger partial charge in [0.25, 0.3) is 0 Å². The molecule has 0 aromatic heterocycles. The fourth-order valence-corrected chi connectivity index (χ4v) is 1.97. The zero-order valence-corrected chi connectivity index (χ0v) is 13.1. The van der Waals surface area contributed by atoms with Gasteiger partial charge in [-0.25, -0.2) is 9.59 Å². The van der Waals surface area contributed by atoms with Crippen molar-refractivity contribution < 1.29 is 24.2 Å². The van der Waals surface area contributed by atoms with E-state index in [-0.39, 0.29) is 26.2 Å². The summed E-state index contributed by atoms with van der Waals surface area (Å²) in [6.07, 6.45) is 0.455. The summed E-state index contributed by atoms with van der Waals surface area (Å²) in [5.74, 6) is 0.